The Labute approximate surface area is 215 Å². The molecular formula is C28H32N2O3. The highest BCUT2D eigenvalue weighted by Gasteiger charge is 2.03. The Hall–Kier alpha value is -3.57. The summed E-state index contributed by atoms with van der Waals surface area (Å²) in [7, 11) is -5.28. The molecule has 0 aliphatic heterocycles. The molecule has 5 nitrogen and oxygen atoms in total. The van der Waals surface area contributed by atoms with Crippen molar-refractivity contribution in [1.82, 2.24) is 5.32 Å². The second kappa shape index (κ2) is 11.9. The number of ether oxygens (including phenoxy) is 2. The SMILES string of the molecule is [2H]C([2H])([2H])Oc1ccc2cccc(C([2H])([2H])C([2H])([2H])N)c2c1.[2H]C([2H])([2H])Oc1ccc2cccc(C([2H])([2H])C([2H])([2H])NC(C)=O)c2c1. The van der Waals surface area contributed by atoms with Crippen molar-refractivity contribution in [1.29, 1.82) is 0 Å². The van der Waals surface area contributed by atoms with Gasteiger partial charge >= 0.3 is 0 Å². The van der Waals surface area contributed by atoms with E-state index in [4.69, 9.17) is 34.4 Å². The summed E-state index contributed by atoms with van der Waals surface area (Å²) in [6, 6.07) is 18.1. The third-order valence-corrected chi connectivity index (χ3v) is 4.59. The second-order valence-electron chi connectivity index (χ2n) is 6.78. The molecule has 0 saturated heterocycles. The van der Waals surface area contributed by atoms with Gasteiger partial charge in [0.05, 0.1) is 22.3 Å². The first-order valence-corrected chi connectivity index (χ1v) is 9.77. The van der Waals surface area contributed by atoms with Gasteiger partial charge in [0.25, 0.3) is 0 Å². The Bertz CT molecular complexity index is 1750. The highest BCUT2D eigenvalue weighted by molar-refractivity contribution is 5.88. The van der Waals surface area contributed by atoms with E-state index in [0.717, 1.165) is 6.92 Å². The monoisotopic (exact) mass is 458 g/mol. The van der Waals surface area contributed by atoms with Crippen molar-refractivity contribution in [2.24, 2.45) is 5.73 Å². The van der Waals surface area contributed by atoms with Gasteiger partial charge in [0.1, 0.15) is 11.5 Å². The number of fused-ring (bicyclic) bond motifs is 2. The van der Waals surface area contributed by atoms with Crippen LogP contribution in [-0.2, 0) is 17.5 Å². The number of aryl methyl sites for hydroxylation is 2. The fourth-order valence-electron chi connectivity index (χ4n) is 3.11. The maximum absolute atomic E-state index is 11.2. The van der Waals surface area contributed by atoms with Gasteiger partial charge in [-0.2, -0.15) is 0 Å². The van der Waals surface area contributed by atoms with E-state index in [1.807, 2.05) is 5.32 Å². The quantitative estimate of drug-likeness (QED) is 0.414. The zero-order valence-corrected chi connectivity index (χ0v) is 17.7. The smallest absolute Gasteiger partial charge is 0.216 e. The van der Waals surface area contributed by atoms with E-state index in [1.54, 1.807) is 36.4 Å². The fourth-order valence-corrected chi connectivity index (χ4v) is 3.11. The van der Waals surface area contributed by atoms with Crippen LogP contribution in [0.4, 0.5) is 0 Å². The van der Waals surface area contributed by atoms with Crippen LogP contribution in [0.15, 0.2) is 72.8 Å². The van der Waals surface area contributed by atoms with Crippen LogP contribution in [-0.4, -0.2) is 33.0 Å². The molecule has 0 spiro atoms. The van der Waals surface area contributed by atoms with E-state index < -0.39 is 45.7 Å². The molecule has 0 unspecified atom stereocenters. The number of carbonyl (C=O) groups is 1. The van der Waals surface area contributed by atoms with Gasteiger partial charge in [0.15, 0.2) is 0 Å². The maximum Gasteiger partial charge on any atom is 0.216 e. The van der Waals surface area contributed by atoms with Gasteiger partial charge in [-0.15, -0.1) is 0 Å². The minimum atomic E-state index is -2.67. The molecule has 0 bridgehead atoms. The molecule has 0 radical (unpaired) electrons. The predicted octanol–water partition coefficient (Wildman–Crippen LogP) is 4.88. The van der Waals surface area contributed by atoms with Crippen molar-refractivity contribution in [3.63, 3.8) is 0 Å². The van der Waals surface area contributed by atoms with Crippen molar-refractivity contribution in [3.05, 3.63) is 83.9 Å². The standard InChI is InChI=1S/C15H17NO2.C13H15NO/c1-11(17)16-9-8-13-5-3-4-12-6-7-14(18-2)10-15(12)13;1-15-12-6-5-10-3-2-4-11(7-8-14)13(10)9-12/h3-7,10H,8-9H2,1-2H3,(H,16,17);2-6,9H,7-8,14H2,1H3/i2D3,8D2,9D2;1D3,7D2,8D2. The van der Waals surface area contributed by atoms with Gasteiger partial charge in [-0.25, -0.2) is 0 Å². The Morgan fingerprint density at radius 1 is 0.879 bits per heavy atom. The minimum Gasteiger partial charge on any atom is -0.497 e. The van der Waals surface area contributed by atoms with E-state index in [0.29, 0.717) is 21.5 Å². The van der Waals surface area contributed by atoms with Crippen molar-refractivity contribution in [3.8, 4) is 11.5 Å². The molecule has 0 aliphatic carbocycles. The lowest BCUT2D eigenvalue weighted by Gasteiger charge is -2.08. The molecule has 4 rings (SSSR count). The third-order valence-electron chi connectivity index (χ3n) is 4.59. The highest BCUT2D eigenvalue weighted by Crippen LogP contribution is 2.25. The van der Waals surface area contributed by atoms with Crippen molar-refractivity contribution >= 4 is 27.5 Å². The van der Waals surface area contributed by atoms with Crippen molar-refractivity contribution in [2.75, 3.05) is 27.1 Å². The Morgan fingerprint density at radius 3 is 1.91 bits per heavy atom. The molecule has 0 heterocycles. The van der Waals surface area contributed by atoms with Crippen molar-refractivity contribution in [2.45, 2.75) is 19.7 Å². The van der Waals surface area contributed by atoms with E-state index in [2.05, 4.69) is 0 Å². The van der Waals surface area contributed by atoms with Gasteiger partial charge in [0, 0.05) is 24.4 Å². The van der Waals surface area contributed by atoms with Crippen LogP contribution in [0.3, 0.4) is 0 Å². The molecule has 4 aromatic carbocycles. The average Bonchev–Trinajstić information content (AvgIpc) is 2.89. The van der Waals surface area contributed by atoms with Crippen LogP contribution in [0, 0.1) is 0 Å². The number of amides is 1. The lowest BCUT2D eigenvalue weighted by molar-refractivity contribution is -0.118. The van der Waals surface area contributed by atoms with Crippen LogP contribution >= 0.6 is 0 Å². The topological polar surface area (TPSA) is 73.6 Å². The fraction of sp³-hybridized carbons (Fsp3) is 0.250. The van der Waals surface area contributed by atoms with Gasteiger partial charge in [-0.3, -0.25) is 4.79 Å². The summed E-state index contributed by atoms with van der Waals surface area (Å²) >= 11 is 0. The molecule has 5 heteroatoms. The van der Waals surface area contributed by atoms with Gasteiger partial charge in [-0.1, -0.05) is 48.5 Å². The largest absolute Gasteiger partial charge is 0.497 e. The maximum atomic E-state index is 11.2. The number of hydrogen-bond acceptors (Lipinski definition) is 4. The van der Waals surface area contributed by atoms with Gasteiger partial charge in [0.2, 0.25) is 5.91 Å². The molecule has 0 atom stereocenters. The molecule has 0 aromatic heterocycles. The van der Waals surface area contributed by atoms with Crippen LogP contribution in [0.1, 0.15) is 37.2 Å². The average molecular weight is 459 g/mol. The third kappa shape index (κ3) is 6.46. The first-order valence-electron chi connectivity index (χ1n) is 16.8. The summed E-state index contributed by atoms with van der Waals surface area (Å²) in [5.74, 6) is -0.648. The number of nitrogens with one attached hydrogen (secondary N) is 1. The number of rotatable bonds is 7. The van der Waals surface area contributed by atoms with Crippen LogP contribution in [0.2, 0.25) is 0 Å². The Morgan fingerprint density at radius 2 is 1.42 bits per heavy atom. The minimum absolute atomic E-state index is 0.0100. The normalized spacial score (nSPS) is 19.2. The van der Waals surface area contributed by atoms with E-state index in [9.17, 15) is 4.79 Å². The Balaban J connectivity index is 0.000000257. The van der Waals surface area contributed by atoms with E-state index >= 15 is 0 Å². The van der Waals surface area contributed by atoms with Crippen LogP contribution in [0.25, 0.3) is 21.5 Å². The molecule has 0 saturated carbocycles. The number of hydrogen-bond donors (Lipinski definition) is 2. The summed E-state index contributed by atoms with van der Waals surface area (Å²) in [6.07, 6.45) is -5.03. The molecule has 4 aromatic rings. The zero-order chi connectivity index (χ0) is 35.8. The summed E-state index contributed by atoms with van der Waals surface area (Å²) in [4.78, 5) is 11.2. The molecule has 0 fully saturated rings. The molecule has 172 valence electrons. The van der Waals surface area contributed by atoms with Crippen LogP contribution in [0.5, 0.6) is 11.5 Å². The highest BCUT2D eigenvalue weighted by atomic mass is 16.5. The number of nitrogens with two attached hydrogens (primary N) is 1. The van der Waals surface area contributed by atoms with Crippen LogP contribution < -0.4 is 20.5 Å². The molecule has 3 N–H and O–H groups in total. The summed E-state index contributed by atoms with van der Waals surface area (Å²) in [5.41, 5.74) is 5.32. The van der Waals surface area contributed by atoms with E-state index in [-0.39, 0.29) is 22.6 Å². The lowest BCUT2D eigenvalue weighted by atomic mass is 10.0. The van der Waals surface area contributed by atoms with E-state index in [1.165, 1.54) is 36.4 Å². The zero-order valence-electron chi connectivity index (χ0n) is 31.7. The number of benzene rings is 4. The molecule has 0 aliphatic rings. The lowest BCUT2D eigenvalue weighted by Crippen LogP contribution is -2.22. The van der Waals surface area contributed by atoms with Gasteiger partial charge < -0.3 is 20.5 Å². The predicted molar refractivity (Wildman–Crippen MR) is 136 cm³/mol. The molecule has 33 heavy (non-hydrogen) atoms. The Kier molecular flexibility index (Phi) is 4.15. The summed E-state index contributed by atoms with van der Waals surface area (Å²) < 4.78 is 116. The number of methoxy groups -OCH3 is 2. The molecule has 1 amide bonds. The van der Waals surface area contributed by atoms with Crippen molar-refractivity contribution < 1.29 is 33.5 Å². The first kappa shape index (κ1) is 11.5. The summed E-state index contributed by atoms with van der Waals surface area (Å²) in [6.45, 7) is -4.17. The summed E-state index contributed by atoms with van der Waals surface area (Å²) in [5, 5.41) is 3.83. The number of carbonyl (C=O) groups excluding carboxylic acids is 1. The van der Waals surface area contributed by atoms with Gasteiger partial charge in [-0.05, 0) is 76.2 Å². The molecular weight excluding hydrogens is 412 g/mol. The first-order chi connectivity index (χ1) is 21.2. The second-order valence-corrected chi connectivity index (χ2v) is 6.78.